The molecule has 3 N–H and O–H groups in total. The minimum Gasteiger partial charge on any atom is -0.386 e. The van der Waals surface area contributed by atoms with E-state index < -0.39 is 6.10 Å². The third-order valence-electron chi connectivity index (χ3n) is 4.48. The van der Waals surface area contributed by atoms with E-state index >= 15 is 0 Å². The maximum absolute atomic E-state index is 10.3. The van der Waals surface area contributed by atoms with Crippen LogP contribution in [-0.2, 0) is 0 Å². The van der Waals surface area contributed by atoms with E-state index in [-0.39, 0.29) is 36.6 Å². The molecule has 0 aliphatic heterocycles. The molecular formula is C22H27IN4O. The van der Waals surface area contributed by atoms with Crippen LogP contribution in [0.15, 0.2) is 72.0 Å². The van der Waals surface area contributed by atoms with Gasteiger partial charge in [-0.15, -0.1) is 24.0 Å². The molecule has 2 atom stereocenters. The molecule has 0 saturated heterocycles. The van der Waals surface area contributed by atoms with Gasteiger partial charge in [-0.2, -0.15) is 0 Å². The SMILES string of the molecule is CCNC(=NCC(O)c1ccncc1)NC(C)c1ccc2ccccc2c1.I. The number of aromatic nitrogens is 1. The molecule has 0 bridgehead atoms. The van der Waals surface area contributed by atoms with Crippen molar-refractivity contribution in [3.05, 3.63) is 78.1 Å². The first-order chi connectivity index (χ1) is 13.2. The predicted octanol–water partition coefficient (Wildman–Crippen LogP) is 4.20. The van der Waals surface area contributed by atoms with Crippen LogP contribution in [-0.4, -0.2) is 29.1 Å². The molecule has 3 aromatic rings. The lowest BCUT2D eigenvalue weighted by Crippen LogP contribution is -2.39. The minimum absolute atomic E-state index is 0. The summed E-state index contributed by atoms with van der Waals surface area (Å²) in [4.78, 5) is 8.52. The summed E-state index contributed by atoms with van der Waals surface area (Å²) in [5, 5.41) is 19.4. The number of fused-ring (bicyclic) bond motifs is 1. The Balaban J connectivity index is 0.00000280. The van der Waals surface area contributed by atoms with Gasteiger partial charge in [0.25, 0.3) is 0 Å². The zero-order valence-electron chi connectivity index (χ0n) is 16.2. The zero-order valence-corrected chi connectivity index (χ0v) is 18.5. The van der Waals surface area contributed by atoms with Crippen LogP contribution in [0.2, 0.25) is 0 Å². The van der Waals surface area contributed by atoms with Crippen LogP contribution in [0.25, 0.3) is 10.8 Å². The summed E-state index contributed by atoms with van der Waals surface area (Å²) in [6.07, 6.45) is 2.69. The normalized spacial score (nSPS) is 13.5. The largest absolute Gasteiger partial charge is 0.386 e. The molecule has 1 heterocycles. The van der Waals surface area contributed by atoms with E-state index in [0.29, 0.717) is 5.96 Å². The van der Waals surface area contributed by atoms with Crippen molar-refractivity contribution in [1.29, 1.82) is 0 Å². The van der Waals surface area contributed by atoms with Gasteiger partial charge < -0.3 is 15.7 Å². The number of halogens is 1. The number of rotatable bonds is 6. The summed E-state index contributed by atoms with van der Waals surface area (Å²) in [6, 6.07) is 18.5. The highest BCUT2D eigenvalue weighted by Crippen LogP contribution is 2.20. The molecule has 0 spiro atoms. The number of nitrogens with one attached hydrogen (secondary N) is 2. The molecule has 5 nitrogen and oxygen atoms in total. The van der Waals surface area contributed by atoms with Crippen molar-refractivity contribution in [1.82, 2.24) is 15.6 Å². The summed E-state index contributed by atoms with van der Waals surface area (Å²) < 4.78 is 0. The van der Waals surface area contributed by atoms with Gasteiger partial charge >= 0.3 is 0 Å². The van der Waals surface area contributed by atoms with Crippen LogP contribution in [0.5, 0.6) is 0 Å². The maximum atomic E-state index is 10.3. The van der Waals surface area contributed by atoms with Crippen molar-refractivity contribution in [2.45, 2.75) is 26.0 Å². The van der Waals surface area contributed by atoms with Crippen LogP contribution in [0.3, 0.4) is 0 Å². The molecule has 28 heavy (non-hydrogen) atoms. The Hall–Kier alpha value is -2.19. The second-order valence-corrected chi connectivity index (χ2v) is 6.49. The first-order valence-corrected chi connectivity index (χ1v) is 9.29. The van der Waals surface area contributed by atoms with Crippen LogP contribution < -0.4 is 10.6 Å². The summed E-state index contributed by atoms with van der Waals surface area (Å²) in [7, 11) is 0. The number of benzene rings is 2. The predicted molar refractivity (Wildman–Crippen MR) is 126 cm³/mol. The van der Waals surface area contributed by atoms with E-state index in [4.69, 9.17) is 0 Å². The number of aliphatic imine (C=N–C) groups is 1. The minimum atomic E-state index is -0.653. The van der Waals surface area contributed by atoms with Crippen molar-refractivity contribution >= 4 is 40.7 Å². The van der Waals surface area contributed by atoms with Crippen LogP contribution >= 0.6 is 24.0 Å². The first kappa shape index (κ1) is 22.1. The highest BCUT2D eigenvalue weighted by molar-refractivity contribution is 14.0. The van der Waals surface area contributed by atoms with Crippen molar-refractivity contribution in [2.24, 2.45) is 4.99 Å². The molecule has 0 fully saturated rings. The lowest BCUT2D eigenvalue weighted by atomic mass is 10.0. The van der Waals surface area contributed by atoms with Gasteiger partial charge in [0.05, 0.1) is 18.7 Å². The highest BCUT2D eigenvalue weighted by Gasteiger charge is 2.10. The second-order valence-electron chi connectivity index (χ2n) is 6.49. The molecule has 0 amide bonds. The van der Waals surface area contributed by atoms with Gasteiger partial charge in [0.15, 0.2) is 5.96 Å². The van der Waals surface area contributed by atoms with E-state index in [1.165, 1.54) is 16.3 Å². The Morgan fingerprint density at radius 1 is 1.04 bits per heavy atom. The smallest absolute Gasteiger partial charge is 0.191 e. The number of pyridine rings is 1. The van der Waals surface area contributed by atoms with Crippen LogP contribution in [0.4, 0.5) is 0 Å². The van der Waals surface area contributed by atoms with Crippen molar-refractivity contribution in [3.8, 4) is 0 Å². The number of guanidine groups is 1. The second kappa shape index (κ2) is 11.0. The number of aliphatic hydroxyl groups is 1. The topological polar surface area (TPSA) is 69.5 Å². The average molecular weight is 490 g/mol. The standard InChI is InChI=1S/C22H26N4O.HI/c1-3-24-22(25-15-21(27)18-10-12-23-13-11-18)26-16(2)19-9-8-17-6-4-5-7-20(17)14-19;/h4-14,16,21,27H,3,15H2,1-2H3,(H2,24,25,26);1H. The molecule has 0 aliphatic carbocycles. The van der Waals surface area contributed by atoms with E-state index in [2.05, 4.69) is 63.9 Å². The van der Waals surface area contributed by atoms with Crippen molar-refractivity contribution < 1.29 is 5.11 Å². The Kier molecular flexibility index (Phi) is 8.66. The number of hydrogen-bond acceptors (Lipinski definition) is 3. The molecule has 6 heteroatoms. The Labute approximate surface area is 183 Å². The third-order valence-corrected chi connectivity index (χ3v) is 4.48. The molecule has 148 valence electrons. The average Bonchev–Trinajstić information content (AvgIpc) is 2.72. The van der Waals surface area contributed by atoms with Gasteiger partial charge in [-0.1, -0.05) is 36.4 Å². The molecule has 0 saturated carbocycles. The van der Waals surface area contributed by atoms with Gasteiger partial charge in [0.1, 0.15) is 0 Å². The highest BCUT2D eigenvalue weighted by atomic mass is 127. The first-order valence-electron chi connectivity index (χ1n) is 9.29. The molecule has 0 aliphatic rings. The fourth-order valence-electron chi connectivity index (χ4n) is 2.95. The van der Waals surface area contributed by atoms with Gasteiger partial charge in [-0.3, -0.25) is 9.98 Å². The molecule has 2 unspecified atom stereocenters. The Morgan fingerprint density at radius 3 is 2.46 bits per heavy atom. The maximum Gasteiger partial charge on any atom is 0.191 e. The molecule has 2 aromatic carbocycles. The lowest BCUT2D eigenvalue weighted by molar-refractivity contribution is 0.187. The fraction of sp³-hybridized carbons (Fsp3) is 0.273. The van der Waals surface area contributed by atoms with E-state index in [1.807, 2.05) is 13.0 Å². The van der Waals surface area contributed by atoms with E-state index in [1.54, 1.807) is 24.5 Å². The number of nitrogens with zero attached hydrogens (tertiary/aromatic N) is 2. The molecule has 0 radical (unpaired) electrons. The number of hydrogen-bond donors (Lipinski definition) is 3. The third kappa shape index (κ3) is 5.90. The van der Waals surface area contributed by atoms with Crippen molar-refractivity contribution in [2.75, 3.05) is 13.1 Å². The molecule has 3 rings (SSSR count). The lowest BCUT2D eigenvalue weighted by Gasteiger charge is -2.19. The summed E-state index contributed by atoms with van der Waals surface area (Å²) >= 11 is 0. The van der Waals surface area contributed by atoms with Gasteiger partial charge in [-0.05, 0) is 53.9 Å². The summed E-state index contributed by atoms with van der Waals surface area (Å²) in [5.74, 6) is 0.686. The summed E-state index contributed by atoms with van der Waals surface area (Å²) in [6.45, 7) is 5.17. The molecule has 1 aromatic heterocycles. The van der Waals surface area contributed by atoms with Gasteiger partial charge in [0, 0.05) is 18.9 Å². The summed E-state index contributed by atoms with van der Waals surface area (Å²) in [5.41, 5.74) is 2.00. The van der Waals surface area contributed by atoms with Crippen LogP contribution in [0, 0.1) is 0 Å². The van der Waals surface area contributed by atoms with Crippen LogP contribution in [0.1, 0.15) is 37.1 Å². The van der Waals surface area contributed by atoms with E-state index in [9.17, 15) is 5.11 Å². The number of aliphatic hydroxyl groups excluding tert-OH is 1. The van der Waals surface area contributed by atoms with Crippen molar-refractivity contribution in [3.63, 3.8) is 0 Å². The van der Waals surface area contributed by atoms with Gasteiger partial charge in [0.2, 0.25) is 0 Å². The quantitative estimate of drug-likeness (QED) is 0.275. The zero-order chi connectivity index (χ0) is 19.1. The molecular weight excluding hydrogens is 463 g/mol. The fourth-order valence-corrected chi connectivity index (χ4v) is 2.95. The monoisotopic (exact) mass is 490 g/mol. The Morgan fingerprint density at radius 2 is 1.75 bits per heavy atom. The van der Waals surface area contributed by atoms with Gasteiger partial charge in [-0.25, -0.2) is 0 Å². The van der Waals surface area contributed by atoms with E-state index in [0.717, 1.165) is 12.1 Å². The Bertz CT molecular complexity index is 901.